The van der Waals surface area contributed by atoms with E-state index in [4.69, 9.17) is 0 Å². The summed E-state index contributed by atoms with van der Waals surface area (Å²) in [4.78, 5) is 11.2. The van der Waals surface area contributed by atoms with Gasteiger partial charge in [0.05, 0.1) is 18.0 Å². The van der Waals surface area contributed by atoms with Gasteiger partial charge in [0.2, 0.25) is 16.0 Å². The number of hydrogen-bond donors (Lipinski definition) is 1. The Labute approximate surface area is 149 Å². The molecule has 3 rings (SSSR count). The van der Waals surface area contributed by atoms with E-state index in [2.05, 4.69) is 19.6 Å². The average molecular weight is 360 g/mol. The number of nitrogens with one attached hydrogen (secondary N) is 1. The molecule has 25 heavy (non-hydrogen) atoms. The predicted molar refractivity (Wildman–Crippen MR) is 98.7 cm³/mol. The van der Waals surface area contributed by atoms with Crippen LogP contribution in [0.1, 0.15) is 36.2 Å². The van der Waals surface area contributed by atoms with Gasteiger partial charge in [-0.15, -0.1) is 0 Å². The molecule has 1 N–H and O–H groups in total. The van der Waals surface area contributed by atoms with E-state index in [1.807, 2.05) is 43.3 Å². The molecule has 0 saturated carbocycles. The summed E-state index contributed by atoms with van der Waals surface area (Å²) in [6.45, 7) is 4.02. The van der Waals surface area contributed by atoms with Gasteiger partial charge < -0.3 is 4.90 Å². The normalized spacial score (nSPS) is 15.3. The van der Waals surface area contributed by atoms with Crippen molar-refractivity contribution in [2.24, 2.45) is 0 Å². The number of nitrogens with zero attached hydrogens (tertiary/aromatic N) is 3. The Balaban J connectivity index is 1.67. The first-order valence-electron chi connectivity index (χ1n) is 8.63. The van der Waals surface area contributed by atoms with E-state index in [1.165, 1.54) is 6.42 Å². The van der Waals surface area contributed by atoms with Gasteiger partial charge in [-0.05, 0) is 37.8 Å². The Morgan fingerprint density at radius 3 is 2.52 bits per heavy atom. The molecule has 1 aromatic carbocycles. The van der Waals surface area contributed by atoms with Crippen molar-refractivity contribution >= 4 is 16.0 Å². The molecule has 0 amide bonds. The SMILES string of the molecule is Cc1cc(CNS(=O)(=O)Cc2ccccc2)nc(N2CCCCC2)n1. The predicted octanol–water partition coefficient (Wildman–Crippen LogP) is 2.39. The second kappa shape index (κ2) is 7.93. The van der Waals surface area contributed by atoms with Gasteiger partial charge in [0.15, 0.2) is 0 Å². The standard InChI is InChI=1S/C18H24N4O2S/c1-15-12-17(21-18(20-15)22-10-6-3-7-11-22)13-19-25(23,24)14-16-8-4-2-5-9-16/h2,4-5,8-9,12,19H,3,6-7,10-11,13-14H2,1H3. The van der Waals surface area contributed by atoms with Gasteiger partial charge in [0.25, 0.3) is 0 Å². The van der Waals surface area contributed by atoms with E-state index < -0.39 is 10.0 Å². The number of benzene rings is 1. The smallest absolute Gasteiger partial charge is 0.225 e. The topological polar surface area (TPSA) is 75.2 Å². The Hall–Kier alpha value is -1.99. The van der Waals surface area contributed by atoms with Gasteiger partial charge in [-0.3, -0.25) is 0 Å². The highest BCUT2D eigenvalue weighted by Gasteiger charge is 2.16. The molecule has 6 nitrogen and oxygen atoms in total. The second-order valence-corrected chi connectivity index (χ2v) is 8.22. The number of sulfonamides is 1. The summed E-state index contributed by atoms with van der Waals surface area (Å²) in [5.74, 6) is 0.675. The molecule has 1 aliphatic rings. The van der Waals surface area contributed by atoms with Crippen LogP contribution < -0.4 is 9.62 Å². The Kier molecular flexibility index (Phi) is 5.65. The highest BCUT2D eigenvalue weighted by Crippen LogP contribution is 2.17. The first kappa shape index (κ1) is 17.8. The fraction of sp³-hybridized carbons (Fsp3) is 0.444. The van der Waals surface area contributed by atoms with Crippen molar-refractivity contribution in [3.05, 3.63) is 53.3 Å². The molecule has 0 spiro atoms. The molecule has 2 heterocycles. The van der Waals surface area contributed by atoms with Crippen LogP contribution in [0.4, 0.5) is 5.95 Å². The minimum atomic E-state index is -3.41. The largest absolute Gasteiger partial charge is 0.341 e. The van der Waals surface area contributed by atoms with E-state index in [0.29, 0.717) is 11.6 Å². The van der Waals surface area contributed by atoms with Crippen LogP contribution >= 0.6 is 0 Å². The molecule has 1 aromatic heterocycles. The number of aromatic nitrogens is 2. The molecule has 2 aromatic rings. The third-order valence-corrected chi connectivity index (χ3v) is 5.50. The fourth-order valence-electron chi connectivity index (χ4n) is 2.97. The van der Waals surface area contributed by atoms with Crippen molar-refractivity contribution in [1.82, 2.24) is 14.7 Å². The van der Waals surface area contributed by atoms with E-state index in [1.54, 1.807) is 0 Å². The van der Waals surface area contributed by atoms with Crippen LogP contribution in [0.5, 0.6) is 0 Å². The van der Waals surface area contributed by atoms with Crippen molar-refractivity contribution in [2.45, 2.75) is 38.5 Å². The summed E-state index contributed by atoms with van der Waals surface area (Å²) >= 11 is 0. The van der Waals surface area contributed by atoms with Crippen LogP contribution in [0, 0.1) is 6.92 Å². The van der Waals surface area contributed by atoms with Crippen molar-refractivity contribution in [2.75, 3.05) is 18.0 Å². The third-order valence-electron chi connectivity index (χ3n) is 4.21. The van der Waals surface area contributed by atoms with Crippen LogP contribution in [0.25, 0.3) is 0 Å². The molecule has 0 atom stereocenters. The van der Waals surface area contributed by atoms with Crippen LogP contribution in [0.2, 0.25) is 0 Å². The number of aryl methyl sites for hydroxylation is 1. The maximum Gasteiger partial charge on any atom is 0.225 e. The summed E-state index contributed by atoms with van der Waals surface area (Å²) in [5, 5.41) is 0. The molecule has 1 saturated heterocycles. The molecule has 0 unspecified atom stereocenters. The summed E-state index contributed by atoms with van der Waals surface area (Å²) in [7, 11) is -3.41. The quantitative estimate of drug-likeness (QED) is 0.856. The average Bonchev–Trinajstić information content (AvgIpc) is 2.61. The molecule has 0 bridgehead atoms. The number of anilines is 1. The number of rotatable bonds is 6. The van der Waals surface area contributed by atoms with Gasteiger partial charge in [0, 0.05) is 18.8 Å². The van der Waals surface area contributed by atoms with Gasteiger partial charge in [-0.1, -0.05) is 30.3 Å². The van der Waals surface area contributed by atoms with Crippen LogP contribution in [0.3, 0.4) is 0 Å². The highest BCUT2D eigenvalue weighted by atomic mass is 32.2. The lowest BCUT2D eigenvalue weighted by molar-refractivity contribution is 0.565. The molecule has 0 radical (unpaired) electrons. The molecule has 134 valence electrons. The van der Waals surface area contributed by atoms with Gasteiger partial charge in [-0.2, -0.15) is 0 Å². The monoisotopic (exact) mass is 360 g/mol. The molecular formula is C18H24N4O2S. The van der Waals surface area contributed by atoms with Crippen LogP contribution in [-0.4, -0.2) is 31.5 Å². The van der Waals surface area contributed by atoms with E-state index in [9.17, 15) is 8.42 Å². The number of hydrogen-bond acceptors (Lipinski definition) is 5. The van der Waals surface area contributed by atoms with E-state index in [-0.39, 0.29) is 12.3 Å². The van der Waals surface area contributed by atoms with Crippen molar-refractivity contribution in [3.63, 3.8) is 0 Å². The Morgan fingerprint density at radius 2 is 1.80 bits per heavy atom. The maximum atomic E-state index is 12.3. The van der Waals surface area contributed by atoms with Crippen LogP contribution in [-0.2, 0) is 22.3 Å². The zero-order chi connectivity index (χ0) is 17.7. The van der Waals surface area contributed by atoms with Crippen molar-refractivity contribution < 1.29 is 8.42 Å². The third kappa shape index (κ3) is 5.24. The zero-order valence-corrected chi connectivity index (χ0v) is 15.3. The van der Waals surface area contributed by atoms with Gasteiger partial charge >= 0.3 is 0 Å². The molecule has 0 aliphatic carbocycles. The van der Waals surface area contributed by atoms with E-state index >= 15 is 0 Å². The zero-order valence-electron chi connectivity index (χ0n) is 14.5. The molecular weight excluding hydrogens is 336 g/mol. The minimum Gasteiger partial charge on any atom is -0.341 e. The first-order valence-corrected chi connectivity index (χ1v) is 10.3. The summed E-state index contributed by atoms with van der Waals surface area (Å²) in [6, 6.07) is 11.0. The lowest BCUT2D eigenvalue weighted by Crippen LogP contribution is -2.32. The summed E-state index contributed by atoms with van der Waals surface area (Å²) < 4.78 is 27.2. The Bertz CT molecular complexity index is 803. The maximum absolute atomic E-state index is 12.3. The van der Waals surface area contributed by atoms with Gasteiger partial charge in [-0.25, -0.2) is 23.1 Å². The van der Waals surface area contributed by atoms with Crippen LogP contribution in [0.15, 0.2) is 36.4 Å². The molecule has 7 heteroatoms. The fourth-order valence-corrected chi connectivity index (χ4v) is 4.07. The van der Waals surface area contributed by atoms with Gasteiger partial charge in [0.1, 0.15) is 0 Å². The second-order valence-electron chi connectivity index (χ2n) is 6.41. The number of piperidine rings is 1. The highest BCUT2D eigenvalue weighted by molar-refractivity contribution is 7.88. The lowest BCUT2D eigenvalue weighted by atomic mass is 10.1. The first-order chi connectivity index (χ1) is 12.0. The van der Waals surface area contributed by atoms with Crippen molar-refractivity contribution in [3.8, 4) is 0 Å². The van der Waals surface area contributed by atoms with Crippen molar-refractivity contribution in [1.29, 1.82) is 0 Å². The molecule has 1 fully saturated rings. The molecule has 1 aliphatic heterocycles. The Morgan fingerprint density at radius 1 is 1.08 bits per heavy atom. The lowest BCUT2D eigenvalue weighted by Gasteiger charge is -2.27. The van der Waals surface area contributed by atoms with E-state index in [0.717, 1.165) is 37.2 Å². The summed E-state index contributed by atoms with van der Waals surface area (Å²) in [6.07, 6.45) is 3.54. The summed E-state index contributed by atoms with van der Waals surface area (Å²) in [5.41, 5.74) is 2.32. The minimum absolute atomic E-state index is 0.0309.